The first-order valence-electron chi connectivity index (χ1n) is 8.91. The number of amidine groups is 1. The third-order valence-electron chi connectivity index (χ3n) is 4.55. The zero-order valence-corrected chi connectivity index (χ0v) is 17.8. The molecular formula is C21H22ClN3O2S. The molecule has 2 aromatic rings. The van der Waals surface area contributed by atoms with Gasteiger partial charge in [0.25, 0.3) is 0 Å². The molecule has 2 amide bonds. The number of aliphatic imine (C=N–C) groups is 1. The lowest BCUT2D eigenvalue weighted by atomic mass is 10.1. The van der Waals surface area contributed by atoms with Gasteiger partial charge in [-0.15, -0.1) is 0 Å². The number of hydrogen-bond donors (Lipinski definition) is 1. The third kappa shape index (κ3) is 4.56. The molecular weight excluding hydrogens is 394 g/mol. The molecule has 1 fully saturated rings. The molecule has 1 aliphatic rings. The van der Waals surface area contributed by atoms with E-state index in [4.69, 9.17) is 11.6 Å². The standard InChI is InChI=1S/C21H22ClN3O2S/c1-12-5-8-16(14(3)9-12)23-19(26)11-18-20(27)25(4)21(28-18)24-17-10-15(22)7-6-13(17)2/h5-10,18H,11H2,1-4H3,(H,23,26). The van der Waals surface area contributed by atoms with Crippen molar-refractivity contribution in [3.05, 3.63) is 58.1 Å². The van der Waals surface area contributed by atoms with Gasteiger partial charge in [-0.2, -0.15) is 0 Å². The fourth-order valence-corrected chi connectivity index (χ4v) is 4.24. The molecule has 3 rings (SSSR count). The highest BCUT2D eigenvalue weighted by Crippen LogP contribution is 2.32. The van der Waals surface area contributed by atoms with Crippen molar-refractivity contribution in [2.75, 3.05) is 12.4 Å². The summed E-state index contributed by atoms with van der Waals surface area (Å²) in [7, 11) is 1.68. The monoisotopic (exact) mass is 415 g/mol. The molecule has 1 aliphatic heterocycles. The quantitative estimate of drug-likeness (QED) is 0.775. The molecule has 7 heteroatoms. The molecule has 0 saturated carbocycles. The number of carbonyl (C=O) groups excluding carboxylic acids is 2. The topological polar surface area (TPSA) is 61.8 Å². The van der Waals surface area contributed by atoms with Crippen molar-refractivity contribution in [1.82, 2.24) is 4.90 Å². The van der Waals surface area contributed by atoms with Gasteiger partial charge in [-0.1, -0.05) is 47.1 Å². The van der Waals surface area contributed by atoms with Gasteiger partial charge >= 0.3 is 0 Å². The van der Waals surface area contributed by atoms with E-state index in [-0.39, 0.29) is 18.2 Å². The van der Waals surface area contributed by atoms with Crippen LogP contribution >= 0.6 is 23.4 Å². The molecule has 1 unspecified atom stereocenters. The highest BCUT2D eigenvalue weighted by Gasteiger charge is 2.37. The molecule has 0 bridgehead atoms. The van der Waals surface area contributed by atoms with E-state index < -0.39 is 5.25 Å². The summed E-state index contributed by atoms with van der Waals surface area (Å²) in [6, 6.07) is 11.3. The van der Waals surface area contributed by atoms with Crippen molar-refractivity contribution in [2.24, 2.45) is 4.99 Å². The Morgan fingerprint density at radius 3 is 2.64 bits per heavy atom. The van der Waals surface area contributed by atoms with Crippen LogP contribution in [-0.4, -0.2) is 34.2 Å². The Kier molecular flexibility index (Phi) is 6.10. The Morgan fingerprint density at radius 2 is 1.93 bits per heavy atom. The van der Waals surface area contributed by atoms with Crippen molar-refractivity contribution in [2.45, 2.75) is 32.4 Å². The number of hydrogen-bond acceptors (Lipinski definition) is 4. The summed E-state index contributed by atoms with van der Waals surface area (Å²) in [4.78, 5) is 31.1. The summed E-state index contributed by atoms with van der Waals surface area (Å²) in [6.45, 7) is 5.89. The Balaban J connectivity index is 1.71. The van der Waals surface area contributed by atoms with Gasteiger partial charge < -0.3 is 5.32 Å². The maximum atomic E-state index is 12.6. The number of benzene rings is 2. The Labute approximate surface area is 174 Å². The summed E-state index contributed by atoms with van der Waals surface area (Å²) >= 11 is 7.36. The maximum Gasteiger partial charge on any atom is 0.242 e. The Bertz CT molecular complexity index is 974. The Hall–Kier alpha value is -2.31. The van der Waals surface area contributed by atoms with E-state index >= 15 is 0 Å². The van der Waals surface area contributed by atoms with E-state index in [9.17, 15) is 9.59 Å². The molecule has 1 heterocycles. The van der Waals surface area contributed by atoms with Gasteiger partial charge in [0, 0.05) is 24.2 Å². The summed E-state index contributed by atoms with van der Waals surface area (Å²) in [5.41, 5.74) is 4.58. The van der Waals surface area contributed by atoms with Crippen LogP contribution in [0.5, 0.6) is 0 Å². The van der Waals surface area contributed by atoms with E-state index in [1.165, 1.54) is 16.7 Å². The van der Waals surface area contributed by atoms with Gasteiger partial charge in [0.1, 0.15) is 5.25 Å². The molecule has 0 spiro atoms. The molecule has 2 aromatic carbocycles. The van der Waals surface area contributed by atoms with Crippen LogP contribution < -0.4 is 5.32 Å². The summed E-state index contributed by atoms with van der Waals surface area (Å²) < 4.78 is 0. The second-order valence-corrected chi connectivity index (χ2v) is 8.51. The van der Waals surface area contributed by atoms with E-state index in [0.29, 0.717) is 10.2 Å². The first kappa shape index (κ1) is 20.4. The highest BCUT2D eigenvalue weighted by atomic mass is 35.5. The van der Waals surface area contributed by atoms with Crippen molar-refractivity contribution >= 4 is 51.7 Å². The van der Waals surface area contributed by atoms with Crippen LogP contribution in [0.2, 0.25) is 5.02 Å². The minimum absolute atomic E-state index is 0.0920. The number of nitrogens with zero attached hydrogens (tertiary/aromatic N) is 2. The number of thioether (sulfide) groups is 1. The second kappa shape index (κ2) is 8.37. The first-order valence-corrected chi connectivity index (χ1v) is 10.2. The van der Waals surface area contributed by atoms with E-state index in [1.807, 2.05) is 45.0 Å². The van der Waals surface area contributed by atoms with Gasteiger partial charge in [0.05, 0.1) is 5.69 Å². The number of anilines is 1. The lowest BCUT2D eigenvalue weighted by Gasteiger charge is -2.11. The maximum absolute atomic E-state index is 12.6. The van der Waals surface area contributed by atoms with Crippen LogP contribution in [0, 0.1) is 20.8 Å². The molecule has 0 aliphatic carbocycles. The van der Waals surface area contributed by atoms with Gasteiger partial charge in [0.15, 0.2) is 5.17 Å². The van der Waals surface area contributed by atoms with Gasteiger partial charge in [-0.05, 0) is 50.1 Å². The number of carbonyl (C=O) groups is 2. The zero-order chi connectivity index (χ0) is 20.4. The number of amides is 2. The first-order chi connectivity index (χ1) is 13.2. The van der Waals surface area contributed by atoms with Crippen LogP contribution in [-0.2, 0) is 9.59 Å². The average Bonchev–Trinajstić information content (AvgIpc) is 2.88. The fraction of sp³-hybridized carbons (Fsp3) is 0.286. The summed E-state index contributed by atoms with van der Waals surface area (Å²) in [5.74, 6) is -0.314. The lowest BCUT2D eigenvalue weighted by molar-refractivity contribution is -0.127. The molecule has 146 valence electrons. The minimum atomic E-state index is -0.492. The number of halogens is 1. The average molecular weight is 416 g/mol. The minimum Gasteiger partial charge on any atom is -0.326 e. The SMILES string of the molecule is Cc1ccc(NC(=O)CC2SC(=Nc3cc(Cl)ccc3C)N(C)C2=O)c(C)c1. The van der Waals surface area contributed by atoms with Crippen molar-refractivity contribution in [3.63, 3.8) is 0 Å². The molecule has 0 radical (unpaired) electrons. The smallest absolute Gasteiger partial charge is 0.242 e. The highest BCUT2D eigenvalue weighted by molar-refractivity contribution is 8.15. The molecule has 0 aromatic heterocycles. The zero-order valence-electron chi connectivity index (χ0n) is 16.2. The Morgan fingerprint density at radius 1 is 1.18 bits per heavy atom. The van der Waals surface area contributed by atoms with Crippen LogP contribution in [0.25, 0.3) is 0 Å². The predicted octanol–water partition coefficient (Wildman–Crippen LogP) is 4.86. The number of nitrogens with one attached hydrogen (secondary N) is 1. The molecule has 1 N–H and O–H groups in total. The second-order valence-electron chi connectivity index (χ2n) is 6.90. The molecule has 28 heavy (non-hydrogen) atoms. The lowest BCUT2D eigenvalue weighted by Crippen LogP contribution is -2.30. The van der Waals surface area contributed by atoms with Crippen molar-refractivity contribution in [3.8, 4) is 0 Å². The van der Waals surface area contributed by atoms with Crippen LogP contribution in [0.4, 0.5) is 11.4 Å². The summed E-state index contributed by atoms with van der Waals surface area (Å²) in [5, 5.41) is 3.57. The van der Waals surface area contributed by atoms with Gasteiger partial charge in [-0.3, -0.25) is 14.5 Å². The predicted molar refractivity (Wildman–Crippen MR) is 117 cm³/mol. The largest absolute Gasteiger partial charge is 0.326 e. The van der Waals surface area contributed by atoms with Crippen molar-refractivity contribution < 1.29 is 9.59 Å². The third-order valence-corrected chi connectivity index (χ3v) is 6.02. The van der Waals surface area contributed by atoms with E-state index in [2.05, 4.69) is 10.3 Å². The number of rotatable bonds is 4. The number of aryl methyl sites for hydroxylation is 3. The summed E-state index contributed by atoms with van der Waals surface area (Å²) in [6.07, 6.45) is 0.0920. The van der Waals surface area contributed by atoms with Crippen LogP contribution in [0.15, 0.2) is 41.4 Å². The fourth-order valence-electron chi connectivity index (χ4n) is 2.93. The molecule has 1 saturated heterocycles. The van der Waals surface area contributed by atoms with Crippen molar-refractivity contribution in [1.29, 1.82) is 0 Å². The van der Waals surface area contributed by atoms with E-state index in [1.54, 1.807) is 19.2 Å². The molecule has 1 atom stereocenters. The van der Waals surface area contributed by atoms with Crippen LogP contribution in [0.3, 0.4) is 0 Å². The van der Waals surface area contributed by atoms with Crippen LogP contribution in [0.1, 0.15) is 23.1 Å². The van der Waals surface area contributed by atoms with E-state index in [0.717, 1.165) is 28.1 Å². The molecule has 5 nitrogen and oxygen atoms in total. The normalized spacial score (nSPS) is 18.0. The van der Waals surface area contributed by atoms with Gasteiger partial charge in [0.2, 0.25) is 11.8 Å². The van der Waals surface area contributed by atoms with Gasteiger partial charge in [-0.25, -0.2) is 4.99 Å².